The second-order valence-corrected chi connectivity index (χ2v) is 10.1. The lowest BCUT2D eigenvalue weighted by Gasteiger charge is -2.12. The second kappa shape index (κ2) is 9.91. The molecule has 0 radical (unpaired) electrons. The van der Waals surface area contributed by atoms with Crippen LogP contribution in [0.2, 0.25) is 15.1 Å². The highest BCUT2D eigenvalue weighted by molar-refractivity contribution is 7.21. The van der Waals surface area contributed by atoms with Gasteiger partial charge in [0.05, 0.1) is 10.0 Å². The number of carbonyl (C=O) groups excluding carboxylic acids is 1. The van der Waals surface area contributed by atoms with E-state index < -0.39 is 5.97 Å². The number of aromatic hydroxyl groups is 1. The molecule has 0 fully saturated rings. The molecular formula is C26H17Cl3O5S. The number of phenols is 1. The molecular weight excluding hydrogens is 531 g/mol. The van der Waals surface area contributed by atoms with E-state index >= 15 is 0 Å². The van der Waals surface area contributed by atoms with Gasteiger partial charge in [-0.25, -0.2) is 4.79 Å². The van der Waals surface area contributed by atoms with Crippen LogP contribution in [-0.4, -0.2) is 22.0 Å². The van der Waals surface area contributed by atoms with Crippen molar-refractivity contribution in [1.82, 2.24) is 0 Å². The van der Waals surface area contributed by atoms with Crippen molar-refractivity contribution in [2.24, 2.45) is 0 Å². The van der Waals surface area contributed by atoms with Gasteiger partial charge in [0.2, 0.25) is 5.78 Å². The summed E-state index contributed by atoms with van der Waals surface area (Å²) < 4.78 is 6.82. The Bertz CT molecular complexity index is 1490. The molecule has 5 nitrogen and oxygen atoms in total. The van der Waals surface area contributed by atoms with Crippen LogP contribution in [0.1, 0.15) is 31.9 Å². The maximum atomic E-state index is 13.7. The van der Waals surface area contributed by atoms with E-state index in [1.54, 1.807) is 24.3 Å². The van der Waals surface area contributed by atoms with Crippen LogP contribution in [0.25, 0.3) is 16.2 Å². The van der Waals surface area contributed by atoms with Crippen molar-refractivity contribution in [2.45, 2.75) is 13.8 Å². The number of ether oxygens (including phenoxy) is 1. The molecule has 4 aromatic rings. The fraction of sp³-hybridized carbons (Fsp3) is 0.0769. The summed E-state index contributed by atoms with van der Waals surface area (Å²) in [5.41, 5.74) is 2.30. The van der Waals surface area contributed by atoms with Gasteiger partial charge in [-0.2, -0.15) is 0 Å². The van der Waals surface area contributed by atoms with Crippen molar-refractivity contribution in [3.8, 4) is 17.2 Å². The van der Waals surface area contributed by atoms with Gasteiger partial charge >= 0.3 is 5.97 Å². The lowest BCUT2D eigenvalue weighted by Crippen LogP contribution is -2.06. The van der Waals surface area contributed by atoms with Gasteiger partial charge in [-0.15, -0.1) is 11.3 Å². The molecule has 0 spiro atoms. The molecule has 0 aliphatic rings. The number of thiophene rings is 1. The first kappa shape index (κ1) is 25.1. The lowest BCUT2D eigenvalue weighted by atomic mass is 9.98. The Balaban J connectivity index is 1.85. The molecule has 0 aliphatic carbocycles. The molecule has 3 aromatic carbocycles. The molecule has 1 aromatic heterocycles. The maximum Gasteiger partial charge on any atom is 0.328 e. The summed E-state index contributed by atoms with van der Waals surface area (Å²) >= 11 is 20.0. The minimum atomic E-state index is -1.14. The third kappa shape index (κ3) is 5.16. The number of carboxylic acids is 1. The molecule has 0 unspecified atom stereocenters. The number of aryl methyl sites for hydroxylation is 2. The lowest BCUT2D eigenvalue weighted by molar-refractivity contribution is -0.131. The fourth-order valence-electron chi connectivity index (χ4n) is 3.75. The predicted octanol–water partition coefficient (Wildman–Crippen LogP) is 8.31. The molecule has 0 aliphatic heterocycles. The van der Waals surface area contributed by atoms with Gasteiger partial charge in [0.15, 0.2) is 5.75 Å². The highest BCUT2D eigenvalue weighted by Crippen LogP contribution is 2.44. The van der Waals surface area contributed by atoms with Crippen LogP contribution in [0.3, 0.4) is 0 Å². The zero-order valence-corrected chi connectivity index (χ0v) is 21.4. The van der Waals surface area contributed by atoms with E-state index in [9.17, 15) is 14.7 Å². The topological polar surface area (TPSA) is 83.8 Å². The number of aliphatic carboxylic acids is 1. The Morgan fingerprint density at radius 1 is 0.971 bits per heavy atom. The van der Waals surface area contributed by atoms with Crippen molar-refractivity contribution in [1.29, 1.82) is 0 Å². The minimum Gasteiger partial charge on any atom is -0.508 e. The number of phenolic OH excluding ortho intramolecular Hbond substituents is 1. The highest BCUT2D eigenvalue weighted by atomic mass is 35.5. The van der Waals surface area contributed by atoms with Crippen LogP contribution in [0, 0.1) is 13.8 Å². The normalized spacial score (nSPS) is 11.3. The molecule has 4 rings (SSSR count). The standard InChI is InChI=1S/C26H17Cl3O5S/c1-12-7-14(27)8-13(2)23(12)24(33)26-25(18-4-3-15(30)9-21(18)35-26)34-16-10-19(28)17(20(29)11-16)5-6-22(31)32/h3-11,30H,1-2H3,(H,31,32)/b6-5+. The van der Waals surface area contributed by atoms with Gasteiger partial charge in [-0.05, 0) is 61.4 Å². The Labute approximate surface area is 219 Å². The summed E-state index contributed by atoms with van der Waals surface area (Å²) in [5.74, 6) is -0.765. The molecule has 0 bridgehead atoms. The monoisotopic (exact) mass is 546 g/mol. The molecule has 0 amide bonds. The summed E-state index contributed by atoms with van der Waals surface area (Å²) in [5, 5.41) is 20.4. The van der Waals surface area contributed by atoms with E-state index in [2.05, 4.69) is 0 Å². The van der Waals surface area contributed by atoms with E-state index in [0.717, 1.165) is 17.2 Å². The maximum absolute atomic E-state index is 13.7. The van der Waals surface area contributed by atoms with E-state index in [0.29, 0.717) is 36.9 Å². The molecule has 0 saturated heterocycles. The number of fused-ring (bicyclic) bond motifs is 1. The van der Waals surface area contributed by atoms with Crippen molar-refractivity contribution in [3.05, 3.63) is 90.7 Å². The number of rotatable bonds is 6. The van der Waals surface area contributed by atoms with E-state index in [1.807, 2.05) is 13.8 Å². The third-order valence-corrected chi connectivity index (χ3v) is 7.20. The second-order valence-electron chi connectivity index (χ2n) is 7.76. The van der Waals surface area contributed by atoms with Crippen LogP contribution >= 0.6 is 46.1 Å². The van der Waals surface area contributed by atoms with Crippen molar-refractivity contribution in [2.75, 3.05) is 0 Å². The minimum absolute atomic E-state index is 0.0591. The Morgan fingerprint density at radius 2 is 1.60 bits per heavy atom. The number of ketones is 1. The summed E-state index contributed by atoms with van der Waals surface area (Å²) in [7, 11) is 0. The predicted molar refractivity (Wildman–Crippen MR) is 141 cm³/mol. The fourth-order valence-corrected chi connectivity index (χ4v) is 5.78. The van der Waals surface area contributed by atoms with Crippen LogP contribution in [0.15, 0.2) is 48.5 Å². The molecule has 0 saturated carbocycles. The number of carbonyl (C=O) groups is 2. The summed E-state index contributed by atoms with van der Waals surface area (Å²) in [6.07, 6.45) is 2.22. The molecule has 178 valence electrons. The summed E-state index contributed by atoms with van der Waals surface area (Å²) in [4.78, 5) is 24.9. The molecule has 1 heterocycles. The number of halogens is 3. The molecule has 0 atom stereocenters. The van der Waals surface area contributed by atoms with Crippen molar-refractivity contribution < 1.29 is 24.5 Å². The summed E-state index contributed by atoms with van der Waals surface area (Å²) in [6, 6.07) is 11.2. The highest BCUT2D eigenvalue weighted by Gasteiger charge is 2.25. The number of hydrogen-bond acceptors (Lipinski definition) is 5. The SMILES string of the molecule is Cc1cc(Cl)cc(C)c1C(=O)c1sc2cc(O)ccc2c1Oc1cc(Cl)c(/C=C/C(=O)O)c(Cl)c1. The molecule has 35 heavy (non-hydrogen) atoms. The number of carboxylic acid groups (broad SMARTS) is 1. The molecule has 9 heteroatoms. The van der Waals surface area contributed by atoms with Gasteiger partial charge in [0.25, 0.3) is 0 Å². The number of benzene rings is 3. The van der Waals surface area contributed by atoms with Gasteiger partial charge in [-0.1, -0.05) is 34.8 Å². The largest absolute Gasteiger partial charge is 0.508 e. The van der Waals surface area contributed by atoms with Crippen LogP contribution in [0.4, 0.5) is 0 Å². The quantitative estimate of drug-likeness (QED) is 0.187. The van der Waals surface area contributed by atoms with Crippen molar-refractivity contribution >= 4 is 74.1 Å². The smallest absolute Gasteiger partial charge is 0.328 e. The zero-order valence-electron chi connectivity index (χ0n) is 18.4. The average Bonchev–Trinajstić information content (AvgIpc) is 3.09. The van der Waals surface area contributed by atoms with Gasteiger partial charge in [0, 0.05) is 44.4 Å². The van der Waals surface area contributed by atoms with E-state index in [-0.39, 0.29) is 27.3 Å². The Morgan fingerprint density at radius 3 is 2.20 bits per heavy atom. The number of hydrogen-bond donors (Lipinski definition) is 2. The average molecular weight is 548 g/mol. The first-order valence-electron chi connectivity index (χ1n) is 10.2. The van der Waals surface area contributed by atoms with Crippen LogP contribution < -0.4 is 4.74 Å². The zero-order chi connectivity index (χ0) is 25.4. The summed E-state index contributed by atoms with van der Waals surface area (Å²) in [6.45, 7) is 3.63. The Hall–Kier alpha value is -3.03. The van der Waals surface area contributed by atoms with Crippen LogP contribution in [0.5, 0.6) is 17.2 Å². The van der Waals surface area contributed by atoms with Gasteiger partial charge in [-0.3, -0.25) is 4.79 Å². The third-order valence-electron chi connectivity index (χ3n) is 5.22. The first-order chi connectivity index (χ1) is 16.5. The van der Waals surface area contributed by atoms with Crippen LogP contribution in [-0.2, 0) is 4.79 Å². The van der Waals surface area contributed by atoms with Gasteiger partial charge in [0.1, 0.15) is 16.4 Å². The van der Waals surface area contributed by atoms with Gasteiger partial charge < -0.3 is 14.9 Å². The van der Waals surface area contributed by atoms with E-state index in [4.69, 9.17) is 44.6 Å². The Kier molecular flexibility index (Phi) is 7.10. The first-order valence-corrected chi connectivity index (χ1v) is 12.1. The van der Waals surface area contributed by atoms with Crippen molar-refractivity contribution in [3.63, 3.8) is 0 Å². The molecule has 2 N–H and O–H groups in total. The van der Waals surface area contributed by atoms with E-state index in [1.165, 1.54) is 35.6 Å².